The summed E-state index contributed by atoms with van der Waals surface area (Å²) in [4.78, 5) is 7.04. The first-order valence-electron chi connectivity index (χ1n) is 9.95. The summed E-state index contributed by atoms with van der Waals surface area (Å²) < 4.78 is 10.9. The summed E-state index contributed by atoms with van der Waals surface area (Å²) in [5, 5.41) is 3.40. The van der Waals surface area contributed by atoms with Gasteiger partial charge in [0, 0.05) is 39.9 Å². The maximum atomic E-state index is 5.45. The molecule has 1 saturated heterocycles. The first-order valence-corrected chi connectivity index (χ1v) is 9.95. The number of ether oxygens (including phenoxy) is 2. The highest BCUT2D eigenvalue weighted by Gasteiger charge is 2.15. The Kier molecular flexibility index (Phi) is 9.57. The van der Waals surface area contributed by atoms with Crippen LogP contribution >= 0.6 is 0 Å². The third-order valence-electron chi connectivity index (χ3n) is 4.82. The van der Waals surface area contributed by atoms with E-state index in [1.807, 2.05) is 12.1 Å². The van der Waals surface area contributed by atoms with Crippen LogP contribution in [0.1, 0.15) is 31.7 Å². The summed E-state index contributed by atoms with van der Waals surface area (Å²) in [6.45, 7) is 6.89. The number of hydrogen-bond acceptors (Lipinski definition) is 3. The second kappa shape index (κ2) is 12.2. The summed E-state index contributed by atoms with van der Waals surface area (Å²) in [5.74, 6) is 5.04. The first-order chi connectivity index (χ1) is 13.2. The topological polar surface area (TPSA) is 46.1 Å². The Bertz CT molecular complexity index is 601. The molecule has 2 rings (SSSR count). The lowest BCUT2D eigenvalue weighted by molar-refractivity contribution is 0.0625. The molecule has 27 heavy (non-hydrogen) atoms. The first kappa shape index (κ1) is 21.1. The van der Waals surface area contributed by atoms with Crippen molar-refractivity contribution in [2.24, 2.45) is 10.9 Å². The third kappa shape index (κ3) is 7.92. The van der Waals surface area contributed by atoms with E-state index in [-0.39, 0.29) is 0 Å². The molecular formula is C22H33N3O2. The zero-order valence-corrected chi connectivity index (χ0v) is 16.7. The Morgan fingerprint density at radius 2 is 2.07 bits per heavy atom. The van der Waals surface area contributed by atoms with Crippen LogP contribution in [0.5, 0.6) is 5.75 Å². The molecule has 0 aromatic heterocycles. The maximum Gasteiger partial charge on any atom is 0.193 e. The Balaban J connectivity index is 1.80. The molecule has 5 heteroatoms. The van der Waals surface area contributed by atoms with Crippen LogP contribution in [0.4, 0.5) is 0 Å². The molecule has 0 aliphatic carbocycles. The Morgan fingerprint density at radius 1 is 1.33 bits per heavy atom. The molecule has 0 amide bonds. The maximum absolute atomic E-state index is 5.45. The van der Waals surface area contributed by atoms with Gasteiger partial charge in [-0.05, 0) is 56.2 Å². The second-order valence-corrected chi connectivity index (χ2v) is 6.89. The molecule has 0 radical (unpaired) electrons. The molecule has 5 nitrogen and oxygen atoms in total. The van der Waals surface area contributed by atoms with Gasteiger partial charge < -0.3 is 19.7 Å². The fraction of sp³-hybridized carbons (Fsp3) is 0.591. The average Bonchev–Trinajstić information content (AvgIpc) is 2.71. The quantitative estimate of drug-likeness (QED) is 0.412. The summed E-state index contributed by atoms with van der Waals surface area (Å²) >= 11 is 0. The van der Waals surface area contributed by atoms with E-state index in [0.29, 0.717) is 6.61 Å². The average molecular weight is 372 g/mol. The molecule has 1 aliphatic heterocycles. The molecule has 0 unspecified atom stereocenters. The molecule has 0 bridgehead atoms. The van der Waals surface area contributed by atoms with Crippen LogP contribution in [-0.4, -0.2) is 57.4 Å². The fourth-order valence-electron chi connectivity index (χ4n) is 3.16. The standard InChI is InChI=1S/C22H33N3O2/c1-4-16-27-21-8-6-19(7-9-21)10-14-24-22(23-5-2)25(3)15-11-20-12-17-26-18-13-20/h1,6-9,20H,5,10-18H2,2-3H3,(H,23,24). The molecule has 1 N–H and O–H groups in total. The van der Waals surface area contributed by atoms with Crippen molar-refractivity contribution in [3.05, 3.63) is 29.8 Å². The summed E-state index contributed by atoms with van der Waals surface area (Å²) in [6.07, 6.45) is 9.67. The smallest absolute Gasteiger partial charge is 0.193 e. The van der Waals surface area contributed by atoms with Crippen molar-refractivity contribution < 1.29 is 9.47 Å². The Hall–Kier alpha value is -2.19. The van der Waals surface area contributed by atoms with Gasteiger partial charge in [0.2, 0.25) is 0 Å². The number of terminal acetylenes is 1. The van der Waals surface area contributed by atoms with Crippen molar-refractivity contribution in [3.8, 4) is 18.1 Å². The van der Waals surface area contributed by atoms with Crippen LogP contribution in [0, 0.1) is 18.3 Å². The van der Waals surface area contributed by atoms with Crippen LogP contribution in [0.3, 0.4) is 0 Å². The van der Waals surface area contributed by atoms with E-state index in [0.717, 1.165) is 56.9 Å². The van der Waals surface area contributed by atoms with E-state index >= 15 is 0 Å². The summed E-state index contributed by atoms with van der Waals surface area (Å²) in [7, 11) is 2.12. The van der Waals surface area contributed by atoms with Crippen molar-refractivity contribution >= 4 is 5.96 Å². The second-order valence-electron chi connectivity index (χ2n) is 6.89. The van der Waals surface area contributed by atoms with Crippen molar-refractivity contribution in [3.63, 3.8) is 0 Å². The predicted octanol–water partition coefficient (Wildman–Crippen LogP) is 2.96. The van der Waals surface area contributed by atoms with Crippen LogP contribution in [0.2, 0.25) is 0 Å². The van der Waals surface area contributed by atoms with Crippen LogP contribution in [0.25, 0.3) is 0 Å². The molecule has 1 aromatic carbocycles. The third-order valence-corrected chi connectivity index (χ3v) is 4.82. The van der Waals surface area contributed by atoms with Gasteiger partial charge in [0.25, 0.3) is 0 Å². The number of benzene rings is 1. The minimum absolute atomic E-state index is 0.301. The minimum Gasteiger partial charge on any atom is -0.481 e. The highest BCUT2D eigenvalue weighted by atomic mass is 16.5. The monoisotopic (exact) mass is 371 g/mol. The molecule has 1 heterocycles. The number of guanidine groups is 1. The molecule has 148 valence electrons. The predicted molar refractivity (Wildman–Crippen MR) is 111 cm³/mol. The lowest BCUT2D eigenvalue weighted by Crippen LogP contribution is -2.40. The Morgan fingerprint density at radius 3 is 2.74 bits per heavy atom. The highest BCUT2D eigenvalue weighted by molar-refractivity contribution is 5.79. The highest BCUT2D eigenvalue weighted by Crippen LogP contribution is 2.18. The van der Waals surface area contributed by atoms with Gasteiger partial charge in [-0.3, -0.25) is 4.99 Å². The van der Waals surface area contributed by atoms with Gasteiger partial charge in [0.15, 0.2) is 5.96 Å². The van der Waals surface area contributed by atoms with E-state index in [1.165, 1.54) is 24.8 Å². The zero-order chi connectivity index (χ0) is 19.3. The van der Waals surface area contributed by atoms with Gasteiger partial charge in [-0.15, -0.1) is 6.42 Å². The lowest BCUT2D eigenvalue weighted by Gasteiger charge is -2.26. The SMILES string of the molecule is C#CCOc1ccc(CCN=C(NCC)N(C)CCC2CCOCC2)cc1. The van der Waals surface area contributed by atoms with Gasteiger partial charge >= 0.3 is 0 Å². The van der Waals surface area contributed by atoms with E-state index in [4.69, 9.17) is 20.9 Å². The fourth-order valence-corrected chi connectivity index (χ4v) is 3.16. The normalized spacial score (nSPS) is 15.2. The van der Waals surface area contributed by atoms with Crippen molar-refractivity contribution in [2.75, 3.05) is 46.5 Å². The van der Waals surface area contributed by atoms with E-state index in [1.54, 1.807) is 0 Å². The molecule has 1 fully saturated rings. The van der Waals surface area contributed by atoms with E-state index < -0.39 is 0 Å². The summed E-state index contributed by atoms with van der Waals surface area (Å²) in [5.41, 5.74) is 1.24. The van der Waals surface area contributed by atoms with Crippen LogP contribution in [-0.2, 0) is 11.2 Å². The van der Waals surface area contributed by atoms with E-state index in [2.05, 4.69) is 42.2 Å². The molecular weight excluding hydrogens is 338 g/mol. The number of aliphatic imine (C=N–C) groups is 1. The van der Waals surface area contributed by atoms with Gasteiger partial charge in [0.05, 0.1) is 0 Å². The van der Waals surface area contributed by atoms with Gasteiger partial charge in [-0.2, -0.15) is 0 Å². The van der Waals surface area contributed by atoms with Crippen molar-refractivity contribution in [1.82, 2.24) is 10.2 Å². The summed E-state index contributed by atoms with van der Waals surface area (Å²) in [6, 6.07) is 8.06. The largest absolute Gasteiger partial charge is 0.481 e. The molecule has 1 aromatic rings. The molecule has 1 aliphatic rings. The number of hydrogen-bond donors (Lipinski definition) is 1. The van der Waals surface area contributed by atoms with Crippen LogP contribution in [0.15, 0.2) is 29.3 Å². The van der Waals surface area contributed by atoms with E-state index in [9.17, 15) is 0 Å². The van der Waals surface area contributed by atoms with Gasteiger partial charge in [0.1, 0.15) is 12.4 Å². The molecule has 0 spiro atoms. The number of rotatable bonds is 9. The number of nitrogens with zero attached hydrogens (tertiary/aromatic N) is 2. The van der Waals surface area contributed by atoms with Crippen molar-refractivity contribution in [1.29, 1.82) is 0 Å². The van der Waals surface area contributed by atoms with Gasteiger partial charge in [-0.25, -0.2) is 0 Å². The van der Waals surface area contributed by atoms with Gasteiger partial charge in [-0.1, -0.05) is 18.1 Å². The number of nitrogens with one attached hydrogen (secondary N) is 1. The van der Waals surface area contributed by atoms with Crippen molar-refractivity contribution in [2.45, 2.75) is 32.6 Å². The Labute approximate surface area is 164 Å². The zero-order valence-electron chi connectivity index (χ0n) is 16.7. The molecule has 0 saturated carbocycles. The lowest BCUT2D eigenvalue weighted by atomic mass is 9.96. The minimum atomic E-state index is 0.301. The molecule has 0 atom stereocenters. The van der Waals surface area contributed by atoms with Crippen LogP contribution < -0.4 is 10.1 Å².